The summed E-state index contributed by atoms with van der Waals surface area (Å²) in [5.74, 6) is 2.30. The van der Waals surface area contributed by atoms with Gasteiger partial charge in [0.1, 0.15) is 5.75 Å². The molecule has 2 heteroatoms. The fourth-order valence-electron chi connectivity index (χ4n) is 4.41. The number of aryl methyl sites for hydroxylation is 2. The summed E-state index contributed by atoms with van der Waals surface area (Å²) in [4.78, 5) is 0. The lowest BCUT2D eigenvalue weighted by atomic mass is 9.82. The van der Waals surface area contributed by atoms with Crippen LogP contribution in [0.15, 0.2) is 42.5 Å². The van der Waals surface area contributed by atoms with E-state index in [2.05, 4.69) is 49.4 Å². The first-order valence-corrected chi connectivity index (χ1v) is 9.74. The summed E-state index contributed by atoms with van der Waals surface area (Å²) in [7, 11) is 0. The van der Waals surface area contributed by atoms with Gasteiger partial charge in [0.05, 0.1) is 6.61 Å². The van der Waals surface area contributed by atoms with Crippen LogP contribution in [0, 0.1) is 12.8 Å². The second-order valence-corrected chi connectivity index (χ2v) is 8.03. The van der Waals surface area contributed by atoms with Crippen molar-refractivity contribution in [1.29, 1.82) is 0 Å². The zero-order valence-electron chi connectivity index (χ0n) is 15.2. The minimum Gasteiger partial charge on any atom is -0.493 e. The average molecular weight is 335 g/mol. The van der Waals surface area contributed by atoms with Gasteiger partial charge in [-0.05, 0) is 86.1 Å². The van der Waals surface area contributed by atoms with Crippen molar-refractivity contribution in [1.82, 2.24) is 0 Å². The monoisotopic (exact) mass is 335 g/mol. The van der Waals surface area contributed by atoms with E-state index in [1.807, 2.05) is 0 Å². The third-order valence-corrected chi connectivity index (χ3v) is 6.01. The van der Waals surface area contributed by atoms with Crippen LogP contribution in [-0.2, 0) is 12.8 Å². The normalized spacial score (nSPS) is 25.6. The van der Waals surface area contributed by atoms with Gasteiger partial charge in [-0.1, -0.05) is 35.9 Å². The van der Waals surface area contributed by atoms with E-state index in [9.17, 15) is 0 Å². The first-order chi connectivity index (χ1) is 12.2. The molecule has 0 radical (unpaired) electrons. The van der Waals surface area contributed by atoms with Gasteiger partial charge in [-0.3, -0.25) is 0 Å². The smallest absolute Gasteiger partial charge is 0.119 e. The summed E-state index contributed by atoms with van der Waals surface area (Å²) < 4.78 is 6.02. The van der Waals surface area contributed by atoms with Gasteiger partial charge in [0.15, 0.2) is 0 Å². The standard InChI is InChI=1S/C23H29NO/c1-16-2-10-23(11-3-16)25-15-17-4-5-19-13-20(7-6-18(19)12-17)21-8-9-22(24)14-21/h2-3,6-7,10-11,13,17,21-22H,4-5,8-9,12,14-15,24H2,1H3/t17-,21?,22?/m0/s1. The number of benzene rings is 2. The second kappa shape index (κ2) is 7.21. The molecule has 2 N–H and O–H groups in total. The second-order valence-electron chi connectivity index (χ2n) is 8.03. The first-order valence-electron chi connectivity index (χ1n) is 9.74. The molecule has 1 saturated carbocycles. The van der Waals surface area contributed by atoms with Crippen LogP contribution >= 0.6 is 0 Å². The summed E-state index contributed by atoms with van der Waals surface area (Å²) >= 11 is 0. The SMILES string of the molecule is Cc1ccc(OC[C@H]2CCc3cc(C4CCC(N)C4)ccc3C2)cc1. The Morgan fingerprint density at radius 3 is 2.60 bits per heavy atom. The molecule has 0 amide bonds. The maximum Gasteiger partial charge on any atom is 0.119 e. The maximum absolute atomic E-state index is 6.09. The number of hydrogen-bond donors (Lipinski definition) is 1. The van der Waals surface area contributed by atoms with Gasteiger partial charge in [0, 0.05) is 6.04 Å². The molecule has 0 spiro atoms. The van der Waals surface area contributed by atoms with Crippen molar-refractivity contribution in [3.8, 4) is 5.75 Å². The fraction of sp³-hybridized carbons (Fsp3) is 0.478. The lowest BCUT2D eigenvalue weighted by molar-refractivity contribution is 0.234. The first kappa shape index (κ1) is 16.7. The predicted molar refractivity (Wildman–Crippen MR) is 103 cm³/mol. The molecule has 2 aromatic carbocycles. The third kappa shape index (κ3) is 3.90. The molecule has 3 atom stereocenters. The number of hydrogen-bond acceptors (Lipinski definition) is 2. The van der Waals surface area contributed by atoms with E-state index in [-0.39, 0.29) is 0 Å². The fourth-order valence-corrected chi connectivity index (χ4v) is 4.41. The van der Waals surface area contributed by atoms with Crippen molar-refractivity contribution in [3.63, 3.8) is 0 Å². The van der Waals surface area contributed by atoms with Crippen molar-refractivity contribution >= 4 is 0 Å². The van der Waals surface area contributed by atoms with Gasteiger partial charge in [-0.15, -0.1) is 0 Å². The Kier molecular flexibility index (Phi) is 4.80. The van der Waals surface area contributed by atoms with Crippen LogP contribution in [0.25, 0.3) is 0 Å². The molecule has 25 heavy (non-hydrogen) atoms. The number of rotatable bonds is 4. The zero-order chi connectivity index (χ0) is 17.2. The highest BCUT2D eigenvalue weighted by Crippen LogP contribution is 2.36. The lowest BCUT2D eigenvalue weighted by Gasteiger charge is -2.26. The lowest BCUT2D eigenvalue weighted by Crippen LogP contribution is -2.21. The third-order valence-electron chi connectivity index (χ3n) is 6.01. The van der Waals surface area contributed by atoms with Crippen LogP contribution in [0.5, 0.6) is 5.75 Å². The van der Waals surface area contributed by atoms with Crippen LogP contribution in [-0.4, -0.2) is 12.6 Å². The molecule has 1 fully saturated rings. The molecule has 4 rings (SSSR count). The van der Waals surface area contributed by atoms with Crippen LogP contribution in [0.3, 0.4) is 0 Å². The molecule has 2 nitrogen and oxygen atoms in total. The van der Waals surface area contributed by atoms with Gasteiger partial charge in [-0.2, -0.15) is 0 Å². The highest BCUT2D eigenvalue weighted by molar-refractivity contribution is 5.36. The molecule has 0 bridgehead atoms. The van der Waals surface area contributed by atoms with Crippen molar-refractivity contribution in [2.24, 2.45) is 11.7 Å². The largest absolute Gasteiger partial charge is 0.493 e. The van der Waals surface area contributed by atoms with Crippen LogP contribution in [0.4, 0.5) is 0 Å². The summed E-state index contributed by atoms with van der Waals surface area (Å²) in [5.41, 5.74) is 12.0. The Bertz CT molecular complexity index is 721. The molecular formula is C23H29NO. The van der Waals surface area contributed by atoms with E-state index in [4.69, 9.17) is 10.5 Å². The van der Waals surface area contributed by atoms with Crippen molar-refractivity contribution in [2.75, 3.05) is 6.61 Å². The molecule has 0 heterocycles. The van der Waals surface area contributed by atoms with E-state index in [0.717, 1.165) is 25.2 Å². The summed E-state index contributed by atoms with van der Waals surface area (Å²) in [5, 5.41) is 0. The Hall–Kier alpha value is -1.80. The van der Waals surface area contributed by atoms with E-state index in [1.165, 1.54) is 42.4 Å². The summed E-state index contributed by atoms with van der Waals surface area (Å²) in [6.45, 7) is 2.93. The van der Waals surface area contributed by atoms with E-state index < -0.39 is 0 Å². The molecule has 2 unspecified atom stereocenters. The Morgan fingerprint density at radius 2 is 1.84 bits per heavy atom. The van der Waals surface area contributed by atoms with E-state index in [1.54, 1.807) is 5.56 Å². The Balaban J connectivity index is 1.37. The molecule has 2 aliphatic rings. The minimum absolute atomic E-state index is 0.407. The Labute approximate surface area is 151 Å². The molecule has 0 aromatic heterocycles. The van der Waals surface area contributed by atoms with Crippen LogP contribution in [0.2, 0.25) is 0 Å². The zero-order valence-corrected chi connectivity index (χ0v) is 15.2. The van der Waals surface area contributed by atoms with Gasteiger partial charge >= 0.3 is 0 Å². The number of nitrogens with two attached hydrogens (primary N) is 1. The van der Waals surface area contributed by atoms with Crippen molar-refractivity contribution in [3.05, 3.63) is 64.7 Å². The number of ether oxygens (including phenoxy) is 1. The minimum atomic E-state index is 0.407. The Morgan fingerprint density at radius 1 is 1.00 bits per heavy atom. The molecule has 2 aliphatic carbocycles. The van der Waals surface area contributed by atoms with Crippen molar-refractivity contribution < 1.29 is 4.74 Å². The molecule has 0 saturated heterocycles. The highest BCUT2D eigenvalue weighted by Gasteiger charge is 2.25. The maximum atomic E-state index is 6.09. The van der Waals surface area contributed by atoms with Gasteiger partial charge in [-0.25, -0.2) is 0 Å². The number of fused-ring (bicyclic) bond motifs is 1. The highest BCUT2D eigenvalue weighted by atomic mass is 16.5. The van der Waals surface area contributed by atoms with E-state index in [0.29, 0.717) is 17.9 Å². The molecule has 0 aliphatic heterocycles. The van der Waals surface area contributed by atoms with Crippen molar-refractivity contribution in [2.45, 2.75) is 57.4 Å². The van der Waals surface area contributed by atoms with Crippen LogP contribution in [0.1, 0.15) is 53.9 Å². The summed E-state index contributed by atoms with van der Waals surface area (Å²) in [6.07, 6.45) is 7.15. The quantitative estimate of drug-likeness (QED) is 0.873. The average Bonchev–Trinajstić information content (AvgIpc) is 3.07. The molecular weight excluding hydrogens is 306 g/mol. The van der Waals surface area contributed by atoms with E-state index >= 15 is 0 Å². The molecule has 132 valence electrons. The summed E-state index contributed by atoms with van der Waals surface area (Å²) in [6, 6.07) is 16.0. The topological polar surface area (TPSA) is 35.2 Å². The van der Waals surface area contributed by atoms with Gasteiger partial charge < -0.3 is 10.5 Å². The predicted octanol–water partition coefficient (Wildman–Crippen LogP) is 4.77. The van der Waals surface area contributed by atoms with Gasteiger partial charge in [0.2, 0.25) is 0 Å². The molecule has 2 aromatic rings. The van der Waals surface area contributed by atoms with Crippen LogP contribution < -0.4 is 10.5 Å². The van der Waals surface area contributed by atoms with Gasteiger partial charge in [0.25, 0.3) is 0 Å².